The SMILES string of the molecule is CC(N)=O.CCCCCCOC(=O)NCc1nc(CCc2ccccc2)n[nH]1. The molecule has 0 bridgehead atoms. The summed E-state index contributed by atoms with van der Waals surface area (Å²) >= 11 is 0. The van der Waals surface area contributed by atoms with Crippen molar-refractivity contribution in [3.8, 4) is 0 Å². The first-order valence-corrected chi connectivity index (χ1v) is 9.62. The largest absolute Gasteiger partial charge is 0.450 e. The number of hydrogen-bond acceptors (Lipinski definition) is 5. The molecule has 2 amide bonds. The Bertz CT molecular complexity index is 684. The second-order valence-electron chi connectivity index (χ2n) is 6.34. The lowest BCUT2D eigenvalue weighted by Gasteiger charge is -2.05. The number of amides is 2. The number of aromatic amines is 1. The second kappa shape index (κ2) is 14.2. The number of primary amides is 1. The van der Waals surface area contributed by atoms with Crippen molar-refractivity contribution in [2.75, 3.05) is 6.61 Å². The van der Waals surface area contributed by atoms with Crippen LogP contribution < -0.4 is 11.1 Å². The number of rotatable bonds is 10. The Labute approximate surface area is 166 Å². The van der Waals surface area contributed by atoms with E-state index >= 15 is 0 Å². The maximum absolute atomic E-state index is 11.6. The van der Waals surface area contributed by atoms with Gasteiger partial charge in [0, 0.05) is 13.3 Å². The summed E-state index contributed by atoms with van der Waals surface area (Å²) in [5.41, 5.74) is 5.73. The van der Waals surface area contributed by atoms with Crippen LogP contribution in [0.25, 0.3) is 0 Å². The first-order chi connectivity index (χ1) is 13.5. The van der Waals surface area contributed by atoms with Crippen LogP contribution in [0.2, 0.25) is 0 Å². The molecule has 0 aliphatic rings. The van der Waals surface area contributed by atoms with E-state index in [0.717, 1.165) is 31.5 Å². The fourth-order valence-electron chi connectivity index (χ4n) is 2.33. The van der Waals surface area contributed by atoms with Crippen molar-refractivity contribution in [1.82, 2.24) is 20.5 Å². The van der Waals surface area contributed by atoms with Crippen molar-refractivity contribution in [3.63, 3.8) is 0 Å². The first kappa shape index (κ1) is 23.1. The fraction of sp³-hybridized carbons (Fsp3) is 0.500. The van der Waals surface area contributed by atoms with Crippen molar-refractivity contribution in [2.24, 2.45) is 5.73 Å². The number of alkyl carbamates (subject to hydrolysis) is 1. The molecule has 0 radical (unpaired) electrons. The van der Waals surface area contributed by atoms with Gasteiger partial charge in [-0.2, -0.15) is 5.10 Å². The van der Waals surface area contributed by atoms with Gasteiger partial charge < -0.3 is 15.8 Å². The Morgan fingerprint density at radius 2 is 1.86 bits per heavy atom. The van der Waals surface area contributed by atoms with Gasteiger partial charge in [-0.1, -0.05) is 56.5 Å². The van der Waals surface area contributed by atoms with Crippen LogP contribution in [0.4, 0.5) is 4.79 Å². The van der Waals surface area contributed by atoms with E-state index in [2.05, 4.69) is 45.3 Å². The van der Waals surface area contributed by atoms with Crippen molar-refractivity contribution in [2.45, 2.75) is 58.9 Å². The van der Waals surface area contributed by atoms with Crippen LogP contribution in [0.1, 0.15) is 56.7 Å². The highest BCUT2D eigenvalue weighted by Gasteiger charge is 2.06. The van der Waals surface area contributed by atoms with Gasteiger partial charge in [-0.25, -0.2) is 9.78 Å². The van der Waals surface area contributed by atoms with Crippen LogP contribution in [-0.4, -0.2) is 33.8 Å². The van der Waals surface area contributed by atoms with Crippen LogP contribution in [0, 0.1) is 0 Å². The molecule has 28 heavy (non-hydrogen) atoms. The molecule has 8 nitrogen and oxygen atoms in total. The van der Waals surface area contributed by atoms with Crippen LogP contribution in [0.5, 0.6) is 0 Å². The zero-order valence-corrected chi connectivity index (χ0v) is 16.7. The lowest BCUT2D eigenvalue weighted by atomic mass is 10.1. The minimum absolute atomic E-state index is 0.298. The van der Waals surface area contributed by atoms with E-state index in [1.54, 1.807) is 0 Å². The standard InChI is InChI=1S/C18H26N4O2.C2H5NO/c1-2-3-4-8-13-24-18(23)19-14-17-20-16(21-22-17)12-11-15-9-6-5-7-10-15;1-2(3)4/h5-7,9-10H,2-4,8,11-14H2,1H3,(H,19,23)(H,20,21,22);1H3,(H2,3,4). The van der Waals surface area contributed by atoms with Gasteiger partial charge in [-0.05, 0) is 18.4 Å². The normalized spacial score (nSPS) is 9.93. The molecule has 0 fully saturated rings. The molecule has 0 aliphatic heterocycles. The van der Waals surface area contributed by atoms with Gasteiger partial charge in [0.1, 0.15) is 5.82 Å². The molecule has 0 saturated heterocycles. The predicted octanol–water partition coefficient (Wildman–Crippen LogP) is 2.89. The van der Waals surface area contributed by atoms with Gasteiger partial charge in [0.2, 0.25) is 5.91 Å². The summed E-state index contributed by atoms with van der Waals surface area (Å²) < 4.78 is 5.11. The number of benzene rings is 1. The van der Waals surface area contributed by atoms with Crippen LogP contribution >= 0.6 is 0 Å². The maximum atomic E-state index is 11.6. The number of hydrogen-bond donors (Lipinski definition) is 3. The molecule has 0 unspecified atom stereocenters. The van der Waals surface area contributed by atoms with Crippen LogP contribution in [0.3, 0.4) is 0 Å². The van der Waals surface area contributed by atoms with E-state index in [-0.39, 0.29) is 5.91 Å². The summed E-state index contributed by atoms with van der Waals surface area (Å²) in [6.07, 6.45) is 5.60. The van der Waals surface area contributed by atoms with Gasteiger partial charge in [0.25, 0.3) is 0 Å². The minimum atomic E-state index is -0.409. The van der Waals surface area contributed by atoms with Crippen molar-refractivity contribution < 1.29 is 14.3 Å². The second-order valence-corrected chi connectivity index (χ2v) is 6.34. The number of H-pyrrole nitrogens is 1. The predicted molar refractivity (Wildman–Crippen MR) is 107 cm³/mol. The molecule has 1 aromatic carbocycles. The summed E-state index contributed by atoms with van der Waals surface area (Å²) in [5, 5.41) is 9.71. The highest BCUT2D eigenvalue weighted by molar-refractivity contribution is 5.70. The molecule has 1 aromatic heterocycles. The fourth-order valence-corrected chi connectivity index (χ4v) is 2.33. The molecule has 0 spiro atoms. The minimum Gasteiger partial charge on any atom is -0.450 e. The van der Waals surface area contributed by atoms with Crippen LogP contribution in [-0.2, 0) is 28.9 Å². The third-order valence-electron chi connectivity index (χ3n) is 3.69. The molecule has 4 N–H and O–H groups in total. The Kier molecular flexibility index (Phi) is 11.7. The van der Waals surface area contributed by atoms with Crippen molar-refractivity contribution in [3.05, 3.63) is 47.5 Å². The number of nitrogens with two attached hydrogens (primary N) is 1. The van der Waals surface area contributed by atoms with Gasteiger partial charge in [-0.3, -0.25) is 9.89 Å². The number of aryl methyl sites for hydroxylation is 2. The summed E-state index contributed by atoms with van der Waals surface area (Å²) in [4.78, 5) is 25.2. The van der Waals surface area contributed by atoms with Gasteiger partial charge in [0.05, 0.1) is 13.2 Å². The Balaban J connectivity index is 0.000000892. The smallest absolute Gasteiger partial charge is 0.407 e. The van der Waals surface area contributed by atoms with E-state index in [1.165, 1.54) is 25.3 Å². The number of ether oxygens (including phenoxy) is 1. The molecule has 0 atom stereocenters. The summed E-state index contributed by atoms with van der Waals surface area (Å²) in [7, 11) is 0. The third kappa shape index (κ3) is 11.7. The topological polar surface area (TPSA) is 123 Å². The Hall–Kier alpha value is -2.90. The highest BCUT2D eigenvalue weighted by Crippen LogP contribution is 2.04. The average Bonchev–Trinajstić information content (AvgIpc) is 3.13. The maximum Gasteiger partial charge on any atom is 0.407 e. The molecule has 2 aromatic rings. The van der Waals surface area contributed by atoms with Crippen LogP contribution in [0.15, 0.2) is 30.3 Å². The molecular weight excluding hydrogens is 358 g/mol. The number of carbonyl (C=O) groups excluding carboxylic acids is 2. The quantitative estimate of drug-likeness (QED) is 0.539. The van der Waals surface area contributed by atoms with Gasteiger partial charge in [0.15, 0.2) is 5.82 Å². The molecule has 1 heterocycles. The molecule has 8 heteroatoms. The first-order valence-electron chi connectivity index (χ1n) is 9.62. The van der Waals surface area contributed by atoms with E-state index in [0.29, 0.717) is 19.0 Å². The monoisotopic (exact) mass is 389 g/mol. The number of nitrogens with zero attached hydrogens (tertiary/aromatic N) is 2. The lowest BCUT2D eigenvalue weighted by Crippen LogP contribution is -2.24. The molecule has 0 saturated carbocycles. The summed E-state index contributed by atoms with van der Waals surface area (Å²) in [6, 6.07) is 10.2. The van der Waals surface area contributed by atoms with E-state index in [9.17, 15) is 9.59 Å². The van der Waals surface area contributed by atoms with E-state index < -0.39 is 6.09 Å². The lowest BCUT2D eigenvalue weighted by molar-refractivity contribution is -0.115. The molecular formula is C20H31N5O3. The number of carbonyl (C=O) groups is 2. The van der Waals surface area contributed by atoms with E-state index in [1.807, 2.05) is 18.2 Å². The van der Waals surface area contributed by atoms with Gasteiger partial charge in [-0.15, -0.1) is 0 Å². The average molecular weight is 390 g/mol. The number of nitrogens with one attached hydrogen (secondary N) is 2. The molecule has 154 valence electrons. The zero-order valence-electron chi connectivity index (χ0n) is 16.7. The molecule has 0 aliphatic carbocycles. The Morgan fingerprint density at radius 3 is 2.54 bits per heavy atom. The molecule has 2 rings (SSSR count). The highest BCUT2D eigenvalue weighted by atomic mass is 16.5. The van der Waals surface area contributed by atoms with Crippen molar-refractivity contribution in [1.29, 1.82) is 0 Å². The zero-order chi connectivity index (χ0) is 20.6. The third-order valence-corrected chi connectivity index (χ3v) is 3.69. The van der Waals surface area contributed by atoms with Gasteiger partial charge >= 0.3 is 6.09 Å². The Morgan fingerprint density at radius 1 is 1.14 bits per heavy atom. The van der Waals surface area contributed by atoms with Crippen molar-refractivity contribution >= 4 is 12.0 Å². The summed E-state index contributed by atoms with van der Waals surface area (Å²) in [6.45, 7) is 4.22. The van der Waals surface area contributed by atoms with E-state index in [4.69, 9.17) is 4.74 Å². The number of unbranched alkanes of at least 4 members (excludes halogenated alkanes) is 3. The number of aromatic nitrogens is 3. The summed E-state index contributed by atoms with van der Waals surface area (Å²) in [5.74, 6) is 1.06.